The van der Waals surface area contributed by atoms with Crippen LogP contribution in [0, 0.1) is 0 Å². The first kappa shape index (κ1) is 32.2. The van der Waals surface area contributed by atoms with E-state index in [1.165, 1.54) is 27.5 Å². The Labute approximate surface area is 266 Å². The highest BCUT2D eigenvalue weighted by Crippen LogP contribution is 2.59. The minimum Gasteiger partial charge on any atom is -0.467 e. The predicted molar refractivity (Wildman–Crippen MR) is 176 cm³/mol. The van der Waals surface area contributed by atoms with Gasteiger partial charge in [0.1, 0.15) is 12.2 Å². The van der Waals surface area contributed by atoms with Gasteiger partial charge in [-0.2, -0.15) is 0 Å². The van der Waals surface area contributed by atoms with Gasteiger partial charge in [-0.1, -0.05) is 90.0 Å². The van der Waals surface area contributed by atoms with Gasteiger partial charge in [0.25, 0.3) is 10.0 Å². The summed E-state index contributed by atoms with van der Waals surface area (Å²) in [6.45, 7) is 6.60. The Kier molecular flexibility index (Phi) is 9.60. The minimum atomic E-state index is -4.17. The lowest BCUT2D eigenvalue weighted by molar-refractivity contribution is -0.151. The zero-order chi connectivity index (χ0) is 32.2. The monoisotopic (exact) mass is 627 g/mol. The molecular weight excluding hydrogens is 586 g/mol. The highest BCUT2D eigenvalue weighted by Gasteiger charge is 2.66. The smallest absolute Gasteiger partial charge is 0.328 e. The van der Waals surface area contributed by atoms with Crippen LogP contribution in [0.25, 0.3) is 0 Å². The second-order valence-electron chi connectivity index (χ2n) is 11.9. The van der Waals surface area contributed by atoms with Crippen LogP contribution in [0.4, 0.5) is 5.69 Å². The molecule has 1 amide bonds. The normalized spacial score (nSPS) is 20.8. The molecule has 9 heteroatoms. The van der Waals surface area contributed by atoms with E-state index in [0.717, 1.165) is 24.0 Å². The second-order valence-corrected chi connectivity index (χ2v) is 13.7. The lowest BCUT2D eigenvalue weighted by Crippen LogP contribution is -2.58. The fourth-order valence-electron chi connectivity index (χ4n) is 6.63. The molecule has 1 saturated heterocycles. The van der Waals surface area contributed by atoms with Gasteiger partial charge in [-0.3, -0.25) is 4.79 Å². The van der Waals surface area contributed by atoms with Crippen molar-refractivity contribution in [2.75, 3.05) is 24.5 Å². The number of carbonyl (C=O) groups excluding carboxylic acids is 2. The van der Waals surface area contributed by atoms with Gasteiger partial charge in [0, 0.05) is 6.54 Å². The third-order valence-corrected chi connectivity index (χ3v) is 10.5. The fourth-order valence-corrected chi connectivity index (χ4v) is 8.32. The van der Waals surface area contributed by atoms with E-state index in [1.54, 1.807) is 42.5 Å². The Morgan fingerprint density at radius 1 is 0.933 bits per heavy atom. The summed E-state index contributed by atoms with van der Waals surface area (Å²) in [5.41, 5.74) is 3.51. The summed E-state index contributed by atoms with van der Waals surface area (Å²) in [7, 11) is -2.88. The summed E-state index contributed by atoms with van der Waals surface area (Å²) in [4.78, 5) is 29.2. The van der Waals surface area contributed by atoms with Crippen LogP contribution in [0.3, 0.4) is 0 Å². The number of hydrogen-bond donors (Lipinski definition) is 1. The van der Waals surface area contributed by atoms with Crippen LogP contribution in [0.2, 0.25) is 0 Å². The number of sulfonamides is 1. The number of ether oxygens (including phenoxy) is 1. The lowest BCUT2D eigenvalue weighted by Gasteiger charge is -2.38. The Balaban J connectivity index is 1.58. The number of esters is 1. The number of fused-ring (bicyclic) bond motifs is 3. The molecule has 3 aromatic carbocycles. The molecule has 2 aliphatic rings. The molecule has 45 heavy (non-hydrogen) atoms. The number of anilines is 1. The highest BCUT2D eigenvalue weighted by atomic mass is 32.2. The van der Waals surface area contributed by atoms with E-state index in [-0.39, 0.29) is 23.8 Å². The van der Waals surface area contributed by atoms with E-state index in [2.05, 4.69) is 38.2 Å². The van der Waals surface area contributed by atoms with Crippen molar-refractivity contribution in [1.82, 2.24) is 10.2 Å². The van der Waals surface area contributed by atoms with Crippen LogP contribution in [0.5, 0.6) is 0 Å². The van der Waals surface area contributed by atoms with Gasteiger partial charge in [0.2, 0.25) is 5.91 Å². The van der Waals surface area contributed by atoms with E-state index >= 15 is 0 Å². The molecule has 8 nitrogen and oxygen atoms in total. The van der Waals surface area contributed by atoms with Crippen molar-refractivity contribution in [1.29, 1.82) is 0 Å². The second kappa shape index (κ2) is 13.4. The van der Waals surface area contributed by atoms with Gasteiger partial charge < -0.3 is 15.0 Å². The van der Waals surface area contributed by atoms with Crippen molar-refractivity contribution in [2.45, 2.75) is 62.6 Å². The molecule has 3 atom stereocenters. The number of methoxy groups -OCH3 is 1. The number of likely N-dealkylation sites (tertiary alicyclic amines) is 1. The standard InChI is InChI=1S/C36H41N3O5S/c1-26(2)14-13-15-27(3)22-23-37-25-33(40)38-32(34(41)44-4)24-36(28-16-7-5-8-17-28)30-20-11-12-21-31(30)39(35(36)38)45(42,43)29-18-9-6-10-19-29/h5-12,14,16-22,32,35,37H,13,15,23-25H2,1-4H3/b27-22+/t32-,35+,36+/m0/s1. The maximum atomic E-state index is 14.5. The third kappa shape index (κ3) is 6.07. The van der Waals surface area contributed by atoms with Gasteiger partial charge in [-0.05, 0) is 69.4 Å². The van der Waals surface area contributed by atoms with Gasteiger partial charge in [0.05, 0.1) is 29.7 Å². The molecule has 0 spiro atoms. The van der Waals surface area contributed by atoms with Crippen LogP contribution in [0.15, 0.2) is 113 Å². The third-order valence-electron chi connectivity index (χ3n) is 8.71. The molecule has 1 fully saturated rings. The average molecular weight is 628 g/mol. The number of rotatable bonds is 11. The first-order chi connectivity index (χ1) is 21.6. The Morgan fingerprint density at radius 2 is 1.58 bits per heavy atom. The van der Waals surface area contributed by atoms with Gasteiger partial charge in [-0.15, -0.1) is 0 Å². The number of hydrogen-bond acceptors (Lipinski definition) is 6. The van der Waals surface area contributed by atoms with Crippen LogP contribution >= 0.6 is 0 Å². The molecule has 1 N–H and O–H groups in total. The van der Waals surface area contributed by atoms with E-state index < -0.39 is 33.6 Å². The average Bonchev–Trinajstić information content (AvgIpc) is 3.54. The lowest BCUT2D eigenvalue weighted by atomic mass is 9.72. The number of amides is 1. The molecule has 0 saturated carbocycles. The summed E-state index contributed by atoms with van der Waals surface area (Å²) >= 11 is 0. The minimum absolute atomic E-state index is 0.0812. The molecule has 0 bridgehead atoms. The summed E-state index contributed by atoms with van der Waals surface area (Å²) in [5, 5.41) is 3.21. The van der Waals surface area contributed by atoms with Crippen LogP contribution in [-0.4, -0.2) is 57.6 Å². The van der Waals surface area contributed by atoms with Gasteiger partial charge >= 0.3 is 5.97 Å². The van der Waals surface area contributed by atoms with Crippen LogP contribution < -0.4 is 9.62 Å². The highest BCUT2D eigenvalue weighted by molar-refractivity contribution is 7.92. The largest absolute Gasteiger partial charge is 0.467 e. The summed E-state index contributed by atoms with van der Waals surface area (Å²) in [6, 6.07) is 24.1. The topological polar surface area (TPSA) is 96.0 Å². The van der Waals surface area contributed by atoms with Crippen LogP contribution in [0.1, 0.15) is 51.2 Å². The molecule has 2 heterocycles. The van der Waals surface area contributed by atoms with E-state index in [1.807, 2.05) is 42.5 Å². The van der Waals surface area contributed by atoms with Crippen molar-refractivity contribution >= 4 is 27.6 Å². The van der Waals surface area contributed by atoms with Crippen molar-refractivity contribution in [3.63, 3.8) is 0 Å². The molecule has 2 aliphatic heterocycles. The van der Waals surface area contributed by atoms with E-state index in [4.69, 9.17) is 4.74 Å². The van der Waals surface area contributed by atoms with Crippen molar-refractivity contribution < 1.29 is 22.7 Å². The van der Waals surface area contributed by atoms with Crippen LogP contribution in [-0.2, 0) is 29.8 Å². The first-order valence-electron chi connectivity index (χ1n) is 15.3. The molecule has 5 rings (SSSR count). The predicted octanol–water partition coefficient (Wildman–Crippen LogP) is 5.56. The van der Waals surface area contributed by atoms with Gasteiger partial charge in [-0.25, -0.2) is 17.5 Å². The Morgan fingerprint density at radius 3 is 2.24 bits per heavy atom. The zero-order valence-electron chi connectivity index (χ0n) is 26.3. The molecule has 0 aliphatic carbocycles. The summed E-state index contributed by atoms with van der Waals surface area (Å²) < 4.78 is 35.6. The number of benzene rings is 3. The maximum absolute atomic E-state index is 14.5. The SMILES string of the molecule is COC(=O)[C@@H]1C[C@@]2(c3ccccc3)c3ccccc3N(S(=O)(=O)c3ccccc3)[C@H]2N1C(=O)CNC/C=C(\C)CCC=C(C)C. The van der Waals surface area contributed by atoms with Gasteiger partial charge in [0.15, 0.2) is 0 Å². The molecule has 236 valence electrons. The van der Waals surface area contributed by atoms with E-state index in [0.29, 0.717) is 12.2 Å². The first-order valence-corrected chi connectivity index (χ1v) is 16.7. The number of nitrogens with zero attached hydrogens (tertiary/aromatic N) is 2. The number of carbonyl (C=O) groups is 2. The number of para-hydroxylation sites is 1. The summed E-state index contributed by atoms with van der Waals surface area (Å²) in [6.07, 6.45) is 5.25. The van der Waals surface area contributed by atoms with Crippen molar-refractivity contribution in [3.05, 3.63) is 119 Å². The fraction of sp³-hybridized carbons (Fsp3) is 0.333. The Hall–Kier alpha value is -4.21. The molecule has 0 unspecified atom stereocenters. The Bertz CT molecular complexity index is 1700. The van der Waals surface area contributed by atoms with Crippen molar-refractivity contribution in [3.8, 4) is 0 Å². The number of allylic oxidation sites excluding steroid dienone is 3. The molecule has 0 radical (unpaired) electrons. The molecule has 0 aromatic heterocycles. The van der Waals surface area contributed by atoms with Crippen molar-refractivity contribution in [2.24, 2.45) is 0 Å². The zero-order valence-corrected chi connectivity index (χ0v) is 27.1. The molecule has 3 aromatic rings. The maximum Gasteiger partial charge on any atom is 0.328 e. The number of nitrogens with one attached hydrogen (secondary N) is 1. The quantitative estimate of drug-likeness (QED) is 0.170. The summed E-state index contributed by atoms with van der Waals surface area (Å²) in [5.74, 6) is -0.970. The molecular formula is C36H41N3O5S. The van der Waals surface area contributed by atoms with E-state index in [9.17, 15) is 18.0 Å².